The summed E-state index contributed by atoms with van der Waals surface area (Å²) in [6, 6.07) is 2.64. The van der Waals surface area contributed by atoms with E-state index in [-0.39, 0.29) is 0 Å². The van der Waals surface area contributed by atoms with Gasteiger partial charge in [0, 0.05) is 12.2 Å². The Labute approximate surface area is 96.3 Å². The SMILES string of the molecule is Cc1cc(=S)[nH]cc1[C@@H]1CCCCN1C. The maximum atomic E-state index is 5.12. The molecule has 0 unspecified atom stereocenters. The van der Waals surface area contributed by atoms with Gasteiger partial charge in [-0.3, -0.25) is 4.90 Å². The van der Waals surface area contributed by atoms with Crippen LogP contribution in [0.5, 0.6) is 0 Å². The number of H-pyrrole nitrogens is 1. The number of hydrogen-bond donors (Lipinski definition) is 1. The minimum atomic E-state index is 0.575. The molecule has 2 rings (SSSR count). The summed E-state index contributed by atoms with van der Waals surface area (Å²) in [5.41, 5.74) is 2.73. The van der Waals surface area contributed by atoms with Crippen LogP contribution in [0.25, 0.3) is 0 Å². The van der Waals surface area contributed by atoms with E-state index in [2.05, 4.69) is 36.1 Å². The molecule has 3 heteroatoms. The zero-order valence-corrected chi connectivity index (χ0v) is 10.2. The summed E-state index contributed by atoms with van der Waals surface area (Å²) in [6.45, 7) is 3.36. The van der Waals surface area contributed by atoms with Crippen LogP contribution in [0, 0.1) is 11.6 Å². The Bertz CT molecular complexity index is 397. The molecule has 1 aliphatic heterocycles. The van der Waals surface area contributed by atoms with E-state index in [4.69, 9.17) is 12.2 Å². The predicted octanol–water partition coefficient (Wildman–Crippen LogP) is 3.21. The van der Waals surface area contributed by atoms with Gasteiger partial charge >= 0.3 is 0 Å². The summed E-state index contributed by atoms with van der Waals surface area (Å²) in [5.74, 6) is 0. The first kappa shape index (κ1) is 10.8. The number of aromatic nitrogens is 1. The Kier molecular flexibility index (Phi) is 3.22. The van der Waals surface area contributed by atoms with Gasteiger partial charge in [0.2, 0.25) is 0 Å². The lowest BCUT2D eigenvalue weighted by Crippen LogP contribution is -2.30. The number of piperidine rings is 1. The Morgan fingerprint density at radius 2 is 2.27 bits per heavy atom. The summed E-state index contributed by atoms with van der Waals surface area (Å²) >= 11 is 5.12. The van der Waals surface area contributed by atoms with Gasteiger partial charge in [-0.15, -0.1) is 0 Å². The van der Waals surface area contributed by atoms with Gasteiger partial charge in [-0.2, -0.15) is 0 Å². The standard InChI is InChI=1S/C12H18N2S/c1-9-7-12(15)13-8-10(9)11-5-3-4-6-14(11)2/h7-8,11H,3-6H2,1-2H3,(H,13,15)/t11-/m0/s1. The Morgan fingerprint density at radius 3 is 2.93 bits per heavy atom. The number of rotatable bonds is 1. The van der Waals surface area contributed by atoms with Crippen molar-refractivity contribution < 1.29 is 0 Å². The number of nitrogens with one attached hydrogen (secondary N) is 1. The molecule has 0 amide bonds. The molecule has 0 saturated carbocycles. The number of pyridine rings is 1. The molecule has 82 valence electrons. The largest absolute Gasteiger partial charge is 0.353 e. The minimum absolute atomic E-state index is 0.575. The summed E-state index contributed by atoms with van der Waals surface area (Å²) in [4.78, 5) is 5.59. The van der Waals surface area contributed by atoms with Crippen molar-refractivity contribution in [3.8, 4) is 0 Å². The zero-order chi connectivity index (χ0) is 10.8. The highest BCUT2D eigenvalue weighted by molar-refractivity contribution is 7.71. The van der Waals surface area contributed by atoms with Crippen molar-refractivity contribution >= 4 is 12.2 Å². The van der Waals surface area contributed by atoms with E-state index in [1.165, 1.54) is 36.9 Å². The zero-order valence-electron chi connectivity index (χ0n) is 9.42. The molecule has 1 aromatic heterocycles. The summed E-state index contributed by atoms with van der Waals surface area (Å²) < 4.78 is 0.828. The molecular formula is C12H18N2S. The lowest BCUT2D eigenvalue weighted by atomic mass is 9.94. The highest BCUT2D eigenvalue weighted by atomic mass is 32.1. The van der Waals surface area contributed by atoms with E-state index in [0.717, 1.165) is 4.64 Å². The van der Waals surface area contributed by atoms with Crippen molar-refractivity contribution in [1.29, 1.82) is 0 Å². The number of aryl methyl sites for hydroxylation is 1. The fourth-order valence-corrected chi connectivity index (χ4v) is 2.65. The van der Waals surface area contributed by atoms with Crippen molar-refractivity contribution in [2.24, 2.45) is 0 Å². The van der Waals surface area contributed by atoms with Crippen molar-refractivity contribution in [1.82, 2.24) is 9.88 Å². The van der Waals surface area contributed by atoms with Crippen LogP contribution < -0.4 is 0 Å². The van der Waals surface area contributed by atoms with Gasteiger partial charge in [0.05, 0.1) is 0 Å². The molecule has 1 atom stereocenters. The second-order valence-electron chi connectivity index (χ2n) is 4.43. The molecule has 1 fully saturated rings. The van der Waals surface area contributed by atoms with E-state index in [0.29, 0.717) is 6.04 Å². The van der Waals surface area contributed by atoms with Crippen LogP contribution in [0.15, 0.2) is 12.3 Å². The maximum Gasteiger partial charge on any atom is 0.103 e. The third kappa shape index (κ3) is 2.29. The molecule has 0 spiro atoms. The highest BCUT2D eigenvalue weighted by Gasteiger charge is 2.21. The van der Waals surface area contributed by atoms with Gasteiger partial charge in [-0.05, 0) is 50.6 Å². The molecule has 2 heterocycles. The van der Waals surface area contributed by atoms with Crippen LogP contribution in [0.4, 0.5) is 0 Å². The normalized spacial score (nSPS) is 22.9. The number of aromatic amines is 1. The number of likely N-dealkylation sites (tertiary alicyclic amines) is 1. The molecule has 1 aromatic rings. The molecular weight excluding hydrogens is 204 g/mol. The molecule has 0 radical (unpaired) electrons. The van der Waals surface area contributed by atoms with Crippen molar-refractivity contribution in [3.05, 3.63) is 28.0 Å². The van der Waals surface area contributed by atoms with E-state index < -0.39 is 0 Å². The van der Waals surface area contributed by atoms with Gasteiger partial charge in [0.25, 0.3) is 0 Å². The fourth-order valence-electron chi connectivity index (χ4n) is 2.41. The Morgan fingerprint density at radius 1 is 1.47 bits per heavy atom. The lowest BCUT2D eigenvalue weighted by Gasteiger charge is -2.33. The fraction of sp³-hybridized carbons (Fsp3) is 0.583. The third-order valence-corrected chi connectivity index (χ3v) is 3.54. The van der Waals surface area contributed by atoms with Crippen LogP contribution in [-0.4, -0.2) is 23.5 Å². The second kappa shape index (κ2) is 4.45. The minimum Gasteiger partial charge on any atom is -0.353 e. The van der Waals surface area contributed by atoms with Gasteiger partial charge in [-0.25, -0.2) is 0 Å². The van der Waals surface area contributed by atoms with E-state index in [9.17, 15) is 0 Å². The van der Waals surface area contributed by atoms with Crippen molar-refractivity contribution in [2.75, 3.05) is 13.6 Å². The summed E-state index contributed by atoms with van der Waals surface area (Å²) in [6.07, 6.45) is 6.02. The molecule has 0 aliphatic carbocycles. The van der Waals surface area contributed by atoms with Gasteiger partial charge < -0.3 is 4.98 Å². The van der Waals surface area contributed by atoms with Gasteiger partial charge in [-0.1, -0.05) is 18.6 Å². The number of hydrogen-bond acceptors (Lipinski definition) is 2. The Hall–Kier alpha value is -0.670. The average Bonchev–Trinajstić information content (AvgIpc) is 2.20. The number of nitrogens with zero attached hydrogens (tertiary/aromatic N) is 1. The monoisotopic (exact) mass is 222 g/mol. The first-order chi connectivity index (χ1) is 7.18. The van der Waals surface area contributed by atoms with Crippen LogP contribution in [0.3, 0.4) is 0 Å². The first-order valence-electron chi connectivity index (χ1n) is 5.58. The second-order valence-corrected chi connectivity index (χ2v) is 4.87. The average molecular weight is 222 g/mol. The molecule has 1 aliphatic rings. The lowest BCUT2D eigenvalue weighted by molar-refractivity contribution is 0.186. The first-order valence-corrected chi connectivity index (χ1v) is 5.99. The third-order valence-electron chi connectivity index (χ3n) is 3.30. The van der Waals surface area contributed by atoms with Gasteiger partial charge in [0.15, 0.2) is 0 Å². The van der Waals surface area contributed by atoms with Crippen LogP contribution >= 0.6 is 12.2 Å². The van der Waals surface area contributed by atoms with E-state index in [1.807, 2.05) is 0 Å². The molecule has 1 N–H and O–H groups in total. The van der Waals surface area contributed by atoms with Gasteiger partial charge in [0.1, 0.15) is 4.64 Å². The summed E-state index contributed by atoms with van der Waals surface area (Å²) in [5, 5.41) is 0. The Balaban J connectivity index is 2.31. The quantitative estimate of drug-likeness (QED) is 0.736. The topological polar surface area (TPSA) is 19.0 Å². The smallest absolute Gasteiger partial charge is 0.103 e. The van der Waals surface area contributed by atoms with E-state index >= 15 is 0 Å². The predicted molar refractivity (Wildman–Crippen MR) is 65.6 cm³/mol. The van der Waals surface area contributed by atoms with Crippen LogP contribution in [0.1, 0.15) is 36.4 Å². The summed E-state index contributed by atoms with van der Waals surface area (Å²) in [7, 11) is 2.21. The van der Waals surface area contributed by atoms with Crippen LogP contribution in [0.2, 0.25) is 0 Å². The van der Waals surface area contributed by atoms with Crippen LogP contribution in [-0.2, 0) is 0 Å². The van der Waals surface area contributed by atoms with E-state index in [1.54, 1.807) is 0 Å². The molecule has 1 saturated heterocycles. The molecule has 15 heavy (non-hydrogen) atoms. The van der Waals surface area contributed by atoms with Crippen molar-refractivity contribution in [2.45, 2.75) is 32.2 Å². The van der Waals surface area contributed by atoms with Crippen molar-refractivity contribution in [3.63, 3.8) is 0 Å². The highest BCUT2D eigenvalue weighted by Crippen LogP contribution is 2.30. The molecule has 2 nitrogen and oxygen atoms in total. The molecule has 0 aromatic carbocycles. The molecule has 0 bridgehead atoms. The maximum absolute atomic E-state index is 5.12.